The van der Waals surface area contributed by atoms with Crippen molar-refractivity contribution in [1.82, 2.24) is 20.1 Å². The highest BCUT2D eigenvalue weighted by atomic mass is 32.2. The van der Waals surface area contributed by atoms with Crippen LogP contribution in [0.25, 0.3) is 5.69 Å². The number of aromatic nitrogens is 3. The van der Waals surface area contributed by atoms with Crippen LogP contribution in [0.15, 0.2) is 60.0 Å². The average molecular weight is 386 g/mol. The van der Waals surface area contributed by atoms with Gasteiger partial charge in [0, 0.05) is 5.69 Å². The first-order chi connectivity index (χ1) is 13.1. The first kappa shape index (κ1) is 18.9. The van der Waals surface area contributed by atoms with Crippen LogP contribution in [0.2, 0.25) is 0 Å². The van der Waals surface area contributed by atoms with Crippen molar-refractivity contribution in [2.75, 3.05) is 12.9 Å². The Hall–Kier alpha value is -2.87. The second kappa shape index (κ2) is 8.68. The number of nitrogens with zero attached hydrogens (tertiary/aromatic N) is 3. The summed E-state index contributed by atoms with van der Waals surface area (Å²) in [5.74, 6) is 0.442. The number of ether oxygens (including phenoxy) is 1. The zero-order valence-corrected chi connectivity index (χ0v) is 15.7. The minimum Gasteiger partial charge on any atom is -0.497 e. The summed E-state index contributed by atoms with van der Waals surface area (Å²) in [4.78, 5) is 12.2. The molecular weight excluding hydrogens is 367 g/mol. The summed E-state index contributed by atoms with van der Waals surface area (Å²) in [6, 6.07) is 13.4. The molecule has 2 aromatic carbocycles. The van der Waals surface area contributed by atoms with E-state index >= 15 is 0 Å². The maximum atomic E-state index is 13.3. The van der Waals surface area contributed by atoms with Gasteiger partial charge in [0.05, 0.1) is 18.9 Å². The van der Waals surface area contributed by atoms with E-state index < -0.39 is 0 Å². The lowest BCUT2D eigenvalue weighted by atomic mass is 10.1. The number of thioether (sulfide) groups is 1. The number of rotatable bonds is 7. The van der Waals surface area contributed by atoms with E-state index in [4.69, 9.17) is 4.74 Å². The molecule has 1 amide bonds. The van der Waals surface area contributed by atoms with Crippen molar-refractivity contribution in [3.8, 4) is 11.4 Å². The maximum absolute atomic E-state index is 13.3. The Morgan fingerprint density at radius 1 is 1.30 bits per heavy atom. The van der Waals surface area contributed by atoms with Gasteiger partial charge >= 0.3 is 0 Å². The topological polar surface area (TPSA) is 69.0 Å². The maximum Gasteiger partial charge on any atom is 0.230 e. The van der Waals surface area contributed by atoms with Crippen LogP contribution in [0.4, 0.5) is 4.39 Å². The zero-order valence-electron chi connectivity index (χ0n) is 14.9. The monoisotopic (exact) mass is 386 g/mol. The molecule has 1 atom stereocenters. The number of methoxy groups -OCH3 is 1. The summed E-state index contributed by atoms with van der Waals surface area (Å²) in [6.07, 6.45) is 1.59. The second-order valence-corrected chi connectivity index (χ2v) is 6.76. The van der Waals surface area contributed by atoms with Crippen molar-refractivity contribution >= 4 is 17.7 Å². The Morgan fingerprint density at radius 3 is 2.78 bits per heavy atom. The lowest BCUT2D eigenvalue weighted by Crippen LogP contribution is -2.28. The highest BCUT2D eigenvalue weighted by Crippen LogP contribution is 2.22. The minimum atomic E-state index is -0.324. The number of nitrogens with one attached hydrogen (secondary N) is 1. The molecule has 1 N–H and O–H groups in total. The molecule has 8 heteroatoms. The van der Waals surface area contributed by atoms with Crippen molar-refractivity contribution in [2.24, 2.45) is 0 Å². The third kappa shape index (κ3) is 4.85. The molecule has 0 saturated heterocycles. The van der Waals surface area contributed by atoms with E-state index in [0.29, 0.717) is 5.16 Å². The molecule has 0 spiro atoms. The Bertz CT molecular complexity index is 914. The molecule has 6 nitrogen and oxygen atoms in total. The van der Waals surface area contributed by atoms with Crippen LogP contribution in [-0.2, 0) is 4.79 Å². The van der Waals surface area contributed by atoms with E-state index in [1.165, 1.54) is 23.9 Å². The number of hydrogen-bond donors (Lipinski definition) is 1. The van der Waals surface area contributed by atoms with E-state index in [-0.39, 0.29) is 23.5 Å². The first-order valence-corrected chi connectivity index (χ1v) is 9.27. The lowest BCUT2D eigenvalue weighted by molar-refractivity contribution is -0.119. The fraction of sp³-hybridized carbons (Fsp3) is 0.211. The molecule has 3 rings (SSSR count). The van der Waals surface area contributed by atoms with E-state index in [1.807, 2.05) is 31.2 Å². The van der Waals surface area contributed by atoms with Gasteiger partial charge in [-0.15, -0.1) is 10.2 Å². The molecule has 1 heterocycles. The molecule has 0 radical (unpaired) electrons. The number of carbonyl (C=O) groups is 1. The molecule has 27 heavy (non-hydrogen) atoms. The van der Waals surface area contributed by atoms with Crippen molar-refractivity contribution in [3.63, 3.8) is 0 Å². The standard InChI is InChI=1S/C19H19FN4O2S/c1-13(14-4-3-5-15(20)10-14)22-18(25)11-27-19-23-21-12-24(19)16-6-8-17(26-2)9-7-16/h3-10,12-13H,11H2,1-2H3,(H,22,25)/t13-/m1/s1. The van der Waals surface area contributed by atoms with Crippen molar-refractivity contribution in [3.05, 3.63) is 66.2 Å². The summed E-state index contributed by atoms with van der Waals surface area (Å²) in [6.45, 7) is 1.82. The fourth-order valence-electron chi connectivity index (χ4n) is 2.52. The summed E-state index contributed by atoms with van der Waals surface area (Å²) in [5.41, 5.74) is 1.59. The van der Waals surface area contributed by atoms with E-state index in [1.54, 1.807) is 30.1 Å². The molecule has 0 bridgehead atoms. The fourth-order valence-corrected chi connectivity index (χ4v) is 3.26. The number of hydrogen-bond acceptors (Lipinski definition) is 5. The normalized spacial score (nSPS) is 11.8. The summed E-state index contributed by atoms with van der Waals surface area (Å²) in [5, 5.41) is 11.5. The quantitative estimate of drug-likeness (QED) is 0.631. The van der Waals surface area contributed by atoms with Gasteiger partial charge in [0.2, 0.25) is 5.91 Å². The van der Waals surface area contributed by atoms with Crippen LogP contribution in [0.5, 0.6) is 5.75 Å². The van der Waals surface area contributed by atoms with Crippen molar-refractivity contribution in [1.29, 1.82) is 0 Å². The van der Waals surface area contributed by atoms with E-state index in [9.17, 15) is 9.18 Å². The summed E-state index contributed by atoms with van der Waals surface area (Å²) >= 11 is 1.28. The molecule has 0 aliphatic rings. The van der Waals surface area contributed by atoms with Gasteiger partial charge in [-0.1, -0.05) is 23.9 Å². The molecule has 140 valence electrons. The van der Waals surface area contributed by atoms with Crippen molar-refractivity contribution < 1.29 is 13.9 Å². The SMILES string of the molecule is COc1ccc(-n2cnnc2SCC(=O)N[C@H](C)c2cccc(F)c2)cc1. The summed E-state index contributed by atoms with van der Waals surface area (Å²) in [7, 11) is 1.61. The largest absolute Gasteiger partial charge is 0.497 e. The van der Waals surface area contributed by atoms with Gasteiger partial charge in [-0.05, 0) is 48.9 Å². The highest BCUT2D eigenvalue weighted by Gasteiger charge is 2.13. The molecule has 0 aliphatic heterocycles. The van der Waals surface area contributed by atoms with Gasteiger partial charge in [-0.2, -0.15) is 0 Å². The number of amides is 1. The predicted molar refractivity (Wildman–Crippen MR) is 102 cm³/mol. The Kier molecular flexibility index (Phi) is 6.08. The number of carbonyl (C=O) groups excluding carboxylic acids is 1. The molecular formula is C19H19FN4O2S. The van der Waals surface area contributed by atoms with Crippen LogP contribution in [0.3, 0.4) is 0 Å². The van der Waals surface area contributed by atoms with Gasteiger partial charge in [0.1, 0.15) is 17.9 Å². The van der Waals surface area contributed by atoms with Gasteiger partial charge in [0.15, 0.2) is 5.16 Å². The number of benzene rings is 2. The van der Waals surface area contributed by atoms with Crippen LogP contribution < -0.4 is 10.1 Å². The second-order valence-electron chi connectivity index (χ2n) is 5.81. The third-order valence-electron chi connectivity index (χ3n) is 3.93. The molecule has 3 aromatic rings. The molecule has 0 unspecified atom stereocenters. The molecule has 0 aliphatic carbocycles. The number of halogens is 1. The van der Waals surface area contributed by atoms with Crippen LogP contribution in [0.1, 0.15) is 18.5 Å². The molecule has 0 saturated carbocycles. The molecule has 0 fully saturated rings. The Labute approximate surface area is 160 Å². The third-order valence-corrected chi connectivity index (χ3v) is 4.87. The van der Waals surface area contributed by atoms with Gasteiger partial charge in [0.25, 0.3) is 0 Å². The average Bonchev–Trinajstić information content (AvgIpc) is 3.15. The van der Waals surface area contributed by atoms with E-state index in [0.717, 1.165) is 17.0 Å². The lowest BCUT2D eigenvalue weighted by Gasteiger charge is -2.14. The molecule has 1 aromatic heterocycles. The Balaban J connectivity index is 1.60. The van der Waals surface area contributed by atoms with Gasteiger partial charge in [-0.3, -0.25) is 9.36 Å². The van der Waals surface area contributed by atoms with Crippen LogP contribution >= 0.6 is 11.8 Å². The minimum absolute atomic E-state index is 0.166. The smallest absolute Gasteiger partial charge is 0.230 e. The van der Waals surface area contributed by atoms with Gasteiger partial charge < -0.3 is 10.1 Å². The van der Waals surface area contributed by atoms with E-state index in [2.05, 4.69) is 15.5 Å². The summed E-state index contributed by atoms with van der Waals surface area (Å²) < 4.78 is 20.3. The van der Waals surface area contributed by atoms with Gasteiger partial charge in [-0.25, -0.2) is 4.39 Å². The zero-order chi connectivity index (χ0) is 19.2. The van der Waals surface area contributed by atoms with Crippen molar-refractivity contribution in [2.45, 2.75) is 18.1 Å². The Morgan fingerprint density at radius 2 is 2.07 bits per heavy atom. The first-order valence-electron chi connectivity index (χ1n) is 8.29. The predicted octanol–water partition coefficient (Wildman–Crippen LogP) is 3.38. The highest BCUT2D eigenvalue weighted by molar-refractivity contribution is 7.99. The van der Waals surface area contributed by atoms with Crippen LogP contribution in [0, 0.1) is 5.82 Å². The van der Waals surface area contributed by atoms with Crippen LogP contribution in [-0.4, -0.2) is 33.5 Å².